The number of amides is 2. The number of benzene rings is 2. The Bertz CT molecular complexity index is 1140. The predicted molar refractivity (Wildman–Crippen MR) is 143 cm³/mol. The van der Waals surface area contributed by atoms with Gasteiger partial charge in [0.1, 0.15) is 6.61 Å². The zero-order valence-electron chi connectivity index (χ0n) is 21.9. The molecule has 1 heterocycles. The number of ether oxygens (including phenoxy) is 2. The minimum absolute atomic E-state index is 0.0913. The normalized spacial score (nSPS) is 20.3. The lowest BCUT2D eigenvalue weighted by molar-refractivity contribution is -0.142. The van der Waals surface area contributed by atoms with Crippen molar-refractivity contribution in [2.75, 3.05) is 26.8 Å². The van der Waals surface area contributed by atoms with Gasteiger partial charge in [0, 0.05) is 37.0 Å². The Labute approximate surface area is 228 Å². The molecule has 9 heteroatoms. The second-order valence-corrected chi connectivity index (χ2v) is 10.6. The lowest BCUT2D eigenvalue weighted by atomic mass is 10.0. The molecule has 2 unspecified atom stereocenters. The van der Waals surface area contributed by atoms with Crippen molar-refractivity contribution in [3.63, 3.8) is 0 Å². The van der Waals surface area contributed by atoms with E-state index < -0.39 is 5.97 Å². The third-order valence-electron chi connectivity index (χ3n) is 7.62. The maximum atomic E-state index is 11.8. The van der Waals surface area contributed by atoms with Gasteiger partial charge in [0.05, 0.1) is 19.6 Å². The third kappa shape index (κ3) is 6.85. The van der Waals surface area contributed by atoms with Crippen LogP contribution in [0.1, 0.15) is 56.2 Å². The van der Waals surface area contributed by atoms with Crippen LogP contribution in [-0.4, -0.2) is 59.5 Å². The molecule has 2 fully saturated rings. The maximum absolute atomic E-state index is 11.8. The smallest absolute Gasteiger partial charge is 0.306 e. The molecule has 2 aliphatic rings. The van der Waals surface area contributed by atoms with E-state index in [1.54, 1.807) is 7.11 Å². The zero-order valence-corrected chi connectivity index (χ0v) is 22.7. The van der Waals surface area contributed by atoms with Crippen LogP contribution in [0.5, 0.6) is 11.5 Å². The second-order valence-electron chi connectivity index (χ2n) is 10.1. The van der Waals surface area contributed by atoms with Crippen LogP contribution in [-0.2, 0) is 20.9 Å². The molecule has 1 saturated heterocycles. The molecule has 0 bridgehead atoms. The average molecular weight is 543 g/mol. The van der Waals surface area contributed by atoms with Gasteiger partial charge in [0.15, 0.2) is 11.5 Å². The molecule has 204 valence electrons. The van der Waals surface area contributed by atoms with Crippen LogP contribution in [0.3, 0.4) is 0 Å². The largest absolute Gasteiger partial charge is 0.493 e. The van der Waals surface area contributed by atoms with E-state index in [0.717, 1.165) is 30.5 Å². The molecule has 1 aliphatic heterocycles. The third-order valence-corrected chi connectivity index (χ3v) is 7.88. The number of methoxy groups -OCH3 is 1. The highest BCUT2D eigenvalue weighted by Gasteiger charge is 2.32. The number of hydrogen-bond donors (Lipinski definition) is 1. The Morgan fingerprint density at radius 2 is 1.82 bits per heavy atom. The van der Waals surface area contributed by atoms with E-state index in [2.05, 4.69) is 11.8 Å². The number of carboxylic acid groups (broad SMARTS) is 1. The van der Waals surface area contributed by atoms with E-state index in [1.165, 1.54) is 4.90 Å². The SMILES string of the molecule is COc1cc(CN(CC2CC[C@@H](C(=O)O)C2)C(C)c2ccc(Cl)cc2)ccc1OCCN1C(=O)CCC1=O. The molecular weight excluding hydrogens is 508 g/mol. The summed E-state index contributed by atoms with van der Waals surface area (Å²) in [7, 11) is 1.58. The van der Waals surface area contributed by atoms with Crippen LogP contribution in [0.15, 0.2) is 42.5 Å². The van der Waals surface area contributed by atoms with Crippen LogP contribution in [0.2, 0.25) is 5.02 Å². The summed E-state index contributed by atoms with van der Waals surface area (Å²) in [5, 5.41) is 10.1. The molecule has 0 radical (unpaired) electrons. The number of rotatable bonds is 12. The van der Waals surface area contributed by atoms with Crippen molar-refractivity contribution in [2.45, 2.75) is 51.6 Å². The fourth-order valence-electron chi connectivity index (χ4n) is 5.39. The first-order valence-corrected chi connectivity index (χ1v) is 13.5. The van der Waals surface area contributed by atoms with E-state index >= 15 is 0 Å². The molecule has 8 nitrogen and oxygen atoms in total. The van der Waals surface area contributed by atoms with Crippen LogP contribution >= 0.6 is 11.6 Å². The Morgan fingerprint density at radius 1 is 1.11 bits per heavy atom. The summed E-state index contributed by atoms with van der Waals surface area (Å²) in [5.41, 5.74) is 2.17. The Kier molecular flexibility index (Phi) is 9.28. The summed E-state index contributed by atoms with van der Waals surface area (Å²) < 4.78 is 11.5. The monoisotopic (exact) mass is 542 g/mol. The molecule has 1 aliphatic carbocycles. The Balaban J connectivity index is 1.46. The first-order valence-electron chi connectivity index (χ1n) is 13.1. The number of aliphatic carboxylic acids is 1. The van der Waals surface area contributed by atoms with Gasteiger partial charge < -0.3 is 14.6 Å². The number of hydrogen-bond acceptors (Lipinski definition) is 6. The number of nitrogens with zero attached hydrogens (tertiary/aromatic N) is 2. The van der Waals surface area contributed by atoms with Gasteiger partial charge in [-0.2, -0.15) is 0 Å². The van der Waals surface area contributed by atoms with Gasteiger partial charge in [-0.05, 0) is 67.5 Å². The number of carbonyl (C=O) groups is 3. The van der Waals surface area contributed by atoms with Crippen molar-refractivity contribution >= 4 is 29.4 Å². The molecule has 1 saturated carbocycles. The van der Waals surface area contributed by atoms with Crippen molar-refractivity contribution in [2.24, 2.45) is 11.8 Å². The van der Waals surface area contributed by atoms with Crippen molar-refractivity contribution in [1.82, 2.24) is 9.80 Å². The maximum Gasteiger partial charge on any atom is 0.306 e. The van der Waals surface area contributed by atoms with E-state index in [0.29, 0.717) is 35.4 Å². The highest BCUT2D eigenvalue weighted by molar-refractivity contribution is 6.30. The van der Waals surface area contributed by atoms with Gasteiger partial charge >= 0.3 is 5.97 Å². The Morgan fingerprint density at radius 3 is 2.45 bits per heavy atom. The highest BCUT2D eigenvalue weighted by atomic mass is 35.5. The van der Waals surface area contributed by atoms with E-state index in [9.17, 15) is 19.5 Å². The summed E-state index contributed by atoms with van der Waals surface area (Å²) in [5.74, 6) is 0.144. The van der Waals surface area contributed by atoms with Crippen LogP contribution in [0, 0.1) is 11.8 Å². The molecule has 4 rings (SSSR count). The molecule has 38 heavy (non-hydrogen) atoms. The quantitative estimate of drug-likeness (QED) is 0.379. The van der Waals surface area contributed by atoms with Gasteiger partial charge in [-0.1, -0.05) is 29.8 Å². The molecule has 2 amide bonds. The lowest BCUT2D eigenvalue weighted by Crippen LogP contribution is -2.33. The summed E-state index contributed by atoms with van der Waals surface area (Å²) in [6, 6.07) is 13.7. The highest BCUT2D eigenvalue weighted by Crippen LogP contribution is 2.35. The molecule has 0 aromatic heterocycles. The molecule has 0 spiro atoms. The van der Waals surface area contributed by atoms with Crippen LogP contribution < -0.4 is 9.47 Å². The molecule has 2 aromatic rings. The van der Waals surface area contributed by atoms with Gasteiger partial charge in [-0.3, -0.25) is 24.2 Å². The van der Waals surface area contributed by atoms with Crippen molar-refractivity contribution in [3.8, 4) is 11.5 Å². The summed E-state index contributed by atoms with van der Waals surface area (Å²) in [4.78, 5) is 38.8. The van der Waals surface area contributed by atoms with Gasteiger partial charge in [0.2, 0.25) is 11.8 Å². The number of carbonyl (C=O) groups excluding carboxylic acids is 2. The molecular formula is C29H35ClN2O6. The van der Waals surface area contributed by atoms with E-state index in [-0.39, 0.29) is 49.8 Å². The lowest BCUT2D eigenvalue weighted by Gasteiger charge is -2.32. The molecule has 2 aromatic carbocycles. The predicted octanol–water partition coefficient (Wildman–Crippen LogP) is 4.94. The first-order chi connectivity index (χ1) is 18.2. The molecule has 3 atom stereocenters. The summed E-state index contributed by atoms with van der Waals surface area (Å²) >= 11 is 6.11. The van der Waals surface area contributed by atoms with Crippen LogP contribution in [0.25, 0.3) is 0 Å². The topological polar surface area (TPSA) is 96.4 Å². The first kappa shape index (κ1) is 27.9. The zero-order chi connectivity index (χ0) is 27.2. The van der Waals surface area contributed by atoms with Crippen molar-refractivity contribution < 1.29 is 29.0 Å². The van der Waals surface area contributed by atoms with Crippen LogP contribution in [0.4, 0.5) is 0 Å². The van der Waals surface area contributed by atoms with E-state index in [4.69, 9.17) is 21.1 Å². The second kappa shape index (κ2) is 12.6. The molecule has 1 N–H and O–H groups in total. The number of halogens is 1. The van der Waals surface area contributed by atoms with Crippen molar-refractivity contribution in [1.29, 1.82) is 0 Å². The fourth-order valence-corrected chi connectivity index (χ4v) is 5.52. The fraction of sp³-hybridized carbons (Fsp3) is 0.483. The minimum Gasteiger partial charge on any atom is -0.493 e. The Hall–Kier alpha value is -3.10. The number of imide groups is 1. The minimum atomic E-state index is -0.705. The van der Waals surface area contributed by atoms with Gasteiger partial charge in [-0.25, -0.2) is 0 Å². The number of likely N-dealkylation sites (tertiary alicyclic amines) is 1. The van der Waals surface area contributed by atoms with Gasteiger partial charge in [0.25, 0.3) is 0 Å². The van der Waals surface area contributed by atoms with E-state index in [1.807, 2.05) is 42.5 Å². The summed E-state index contributed by atoms with van der Waals surface area (Å²) in [6.07, 6.45) is 2.84. The number of carboxylic acids is 1. The summed E-state index contributed by atoms with van der Waals surface area (Å²) in [6.45, 7) is 3.99. The average Bonchev–Trinajstić information content (AvgIpc) is 3.51. The van der Waals surface area contributed by atoms with Crippen molar-refractivity contribution in [3.05, 3.63) is 58.6 Å². The van der Waals surface area contributed by atoms with Gasteiger partial charge in [-0.15, -0.1) is 0 Å². The standard InChI is InChI=1S/C29H35ClN2O6/c1-19(22-6-8-24(30)9-7-22)31(17-20-3-5-23(15-20)29(35)36)18-21-4-10-25(26(16-21)37-2)38-14-13-32-27(33)11-12-28(32)34/h4,6-10,16,19-20,23H,3,5,11-15,17-18H2,1-2H3,(H,35,36)/t19?,20?,23-/m1/s1.